The molecule has 2 aromatic heterocycles. The molecule has 0 aliphatic carbocycles. The SMILES string of the molecule is CC(C)/C=C/C=C/[C@H](C)c1nc(-c2nc(CI)cs2)cs1. The first kappa shape index (κ1) is 16.8. The maximum Gasteiger partial charge on any atom is 0.143 e. The minimum Gasteiger partial charge on any atom is -0.239 e. The number of hydrogen-bond acceptors (Lipinski definition) is 4. The summed E-state index contributed by atoms with van der Waals surface area (Å²) in [5, 5.41) is 6.39. The molecule has 0 saturated heterocycles. The van der Waals surface area contributed by atoms with E-state index in [9.17, 15) is 0 Å². The number of aromatic nitrogens is 2. The lowest BCUT2D eigenvalue weighted by molar-refractivity contribution is 0.831. The highest BCUT2D eigenvalue weighted by molar-refractivity contribution is 14.1. The molecule has 0 spiro atoms. The van der Waals surface area contributed by atoms with Gasteiger partial charge in [0.25, 0.3) is 0 Å². The Morgan fingerprint density at radius 2 is 1.86 bits per heavy atom. The van der Waals surface area contributed by atoms with Crippen molar-refractivity contribution in [2.45, 2.75) is 31.1 Å². The fourth-order valence-corrected chi connectivity index (χ4v) is 4.06. The Bertz CT molecular complexity index is 626. The smallest absolute Gasteiger partial charge is 0.143 e. The molecule has 0 fully saturated rings. The van der Waals surface area contributed by atoms with E-state index in [1.165, 1.54) is 0 Å². The maximum atomic E-state index is 4.73. The molecule has 2 aromatic rings. The van der Waals surface area contributed by atoms with Gasteiger partial charge in [0, 0.05) is 21.1 Å². The van der Waals surface area contributed by atoms with Crippen molar-refractivity contribution in [3.63, 3.8) is 0 Å². The summed E-state index contributed by atoms with van der Waals surface area (Å²) in [4.78, 5) is 9.32. The van der Waals surface area contributed by atoms with Crippen molar-refractivity contribution in [1.29, 1.82) is 0 Å². The first-order valence-corrected chi connectivity index (χ1v) is 10.2. The van der Waals surface area contributed by atoms with Gasteiger partial charge >= 0.3 is 0 Å². The minimum absolute atomic E-state index is 0.338. The molecule has 5 heteroatoms. The van der Waals surface area contributed by atoms with E-state index in [4.69, 9.17) is 4.98 Å². The first-order valence-electron chi connectivity index (χ1n) is 6.91. The van der Waals surface area contributed by atoms with Gasteiger partial charge in [-0.2, -0.15) is 0 Å². The lowest BCUT2D eigenvalue weighted by Gasteiger charge is -1.99. The number of allylic oxidation sites excluding steroid dienone is 4. The van der Waals surface area contributed by atoms with Crippen molar-refractivity contribution in [2.75, 3.05) is 0 Å². The summed E-state index contributed by atoms with van der Waals surface area (Å²) < 4.78 is 0.951. The second kappa shape index (κ2) is 8.19. The van der Waals surface area contributed by atoms with Crippen LogP contribution in [0.5, 0.6) is 0 Å². The molecule has 0 bridgehead atoms. The molecule has 2 nitrogen and oxygen atoms in total. The Balaban J connectivity index is 2.05. The van der Waals surface area contributed by atoms with Crippen LogP contribution >= 0.6 is 45.3 Å². The topological polar surface area (TPSA) is 25.8 Å². The quantitative estimate of drug-likeness (QED) is 0.316. The lowest BCUT2D eigenvalue weighted by Crippen LogP contribution is -1.88. The predicted molar refractivity (Wildman–Crippen MR) is 102 cm³/mol. The summed E-state index contributed by atoms with van der Waals surface area (Å²) in [6.07, 6.45) is 8.61. The van der Waals surface area contributed by atoms with E-state index in [2.05, 4.69) is 83.4 Å². The maximum absolute atomic E-state index is 4.73. The van der Waals surface area contributed by atoms with Crippen molar-refractivity contribution in [3.05, 3.63) is 45.8 Å². The highest BCUT2D eigenvalue weighted by Gasteiger charge is 2.11. The minimum atomic E-state index is 0.338. The van der Waals surface area contributed by atoms with E-state index in [0.717, 1.165) is 25.8 Å². The average Bonchev–Trinajstić information content (AvgIpc) is 3.10. The van der Waals surface area contributed by atoms with Crippen LogP contribution < -0.4 is 0 Å². The third-order valence-corrected chi connectivity index (χ3v) is 5.57. The largest absolute Gasteiger partial charge is 0.239 e. The average molecular weight is 430 g/mol. The predicted octanol–water partition coefficient (Wildman–Crippen LogP) is 6.07. The van der Waals surface area contributed by atoms with Gasteiger partial charge in [-0.1, -0.05) is 67.7 Å². The van der Waals surface area contributed by atoms with Crippen molar-refractivity contribution >= 4 is 45.3 Å². The zero-order valence-electron chi connectivity index (χ0n) is 12.4. The summed E-state index contributed by atoms with van der Waals surface area (Å²) in [7, 11) is 0. The summed E-state index contributed by atoms with van der Waals surface area (Å²) in [6.45, 7) is 6.54. The number of hydrogen-bond donors (Lipinski definition) is 0. The van der Waals surface area contributed by atoms with Gasteiger partial charge in [0.1, 0.15) is 10.7 Å². The molecule has 21 heavy (non-hydrogen) atoms. The van der Waals surface area contributed by atoms with E-state index in [1.54, 1.807) is 22.7 Å². The van der Waals surface area contributed by atoms with Crippen LogP contribution in [0.2, 0.25) is 0 Å². The van der Waals surface area contributed by atoms with Crippen molar-refractivity contribution in [2.24, 2.45) is 5.92 Å². The van der Waals surface area contributed by atoms with E-state index in [0.29, 0.717) is 11.8 Å². The molecule has 2 heterocycles. The third kappa shape index (κ3) is 5.00. The molecule has 0 saturated carbocycles. The Morgan fingerprint density at radius 1 is 1.10 bits per heavy atom. The highest BCUT2D eigenvalue weighted by atomic mass is 127. The summed E-state index contributed by atoms with van der Waals surface area (Å²) in [6, 6.07) is 0. The molecule has 0 radical (unpaired) electrons. The van der Waals surface area contributed by atoms with E-state index < -0.39 is 0 Å². The summed E-state index contributed by atoms with van der Waals surface area (Å²) in [5.74, 6) is 0.929. The second-order valence-electron chi connectivity index (χ2n) is 5.15. The molecule has 0 N–H and O–H groups in total. The van der Waals surface area contributed by atoms with Crippen LogP contribution in [0, 0.1) is 5.92 Å². The molecule has 2 rings (SSSR count). The van der Waals surface area contributed by atoms with E-state index >= 15 is 0 Å². The van der Waals surface area contributed by atoms with Crippen LogP contribution in [0.3, 0.4) is 0 Å². The van der Waals surface area contributed by atoms with Gasteiger partial charge in [-0.25, -0.2) is 9.97 Å². The molecule has 112 valence electrons. The van der Waals surface area contributed by atoms with Gasteiger partial charge in [-0.3, -0.25) is 0 Å². The Kier molecular flexibility index (Phi) is 6.57. The molecule has 0 aliphatic rings. The van der Waals surface area contributed by atoms with E-state index in [1.807, 2.05) is 0 Å². The number of rotatable bonds is 6. The van der Waals surface area contributed by atoms with Gasteiger partial charge in [0.15, 0.2) is 0 Å². The monoisotopic (exact) mass is 430 g/mol. The van der Waals surface area contributed by atoms with Crippen molar-refractivity contribution in [3.8, 4) is 10.7 Å². The van der Waals surface area contributed by atoms with Gasteiger partial charge in [-0.15, -0.1) is 22.7 Å². The molecule has 0 aliphatic heterocycles. The highest BCUT2D eigenvalue weighted by Crippen LogP contribution is 2.29. The molecule has 0 aromatic carbocycles. The third-order valence-electron chi connectivity index (χ3n) is 2.83. The summed E-state index contributed by atoms with van der Waals surface area (Å²) >= 11 is 5.72. The molecular weight excluding hydrogens is 411 g/mol. The molecule has 0 amide bonds. The van der Waals surface area contributed by atoms with Gasteiger partial charge < -0.3 is 0 Å². The zero-order chi connectivity index (χ0) is 15.2. The molecular formula is C16H19IN2S2. The van der Waals surface area contributed by atoms with Crippen LogP contribution in [-0.4, -0.2) is 9.97 Å². The summed E-state index contributed by atoms with van der Waals surface area (Å²) in [5.41, 5.74) is 2.14. The standard InChI is InChI=1S/C16H19IN2S2/c1-11(2)6-4-5-7-12(3)15-19-14(10-21-15)16-18-13(8-17)9-20-16/h4-7,9-12H,8H2,1-3H3/b6-4+,7-5+/t12-/m0/s1. The first-order chi connectivity index (χ1) is 10.1. The van der Waals surface area contributed by atoms with Crippen molar-refractivity contribution in [1.82, 2.24) is 9.97 Å². The Morgan fingerprint density at radius 3 is 2.52 bits per heavy atom. The number of thiazole rings is 2. The fourth-order valence-electron chi connectivity index (χ4n) is 1.68. The molecule has 0 unspecified atom stereocenters. The van der Waals surface area contributed by atoms with Crippen LogP contribution in [0.15, 0.2) is 35.1 Å². The fraction of sp³-hybridized carbons (Fsp3) is 0.375. The zero-order valence-corrected chi connectivity index (χ0v) is 16.2. The normalized spacial score (nSPS) is 13.8. The number of alkyl halides is 1. The van der Waals surface area contributed by atoms with Crippen molar-refractivity contribution < 1.29 is 0 Å². The number of nitrogens with zero attached hydrogens (tertiary/aromatic N) is 2. The van der Waals surface area contributed by atoms with Gasteiger partial charge in [-0.05, 0) is 5.92 Å². The van der Waals surface area contributed by atoms with Crippen LogP contribution in [0.1, 0.15) is 37.4 Å². The van der Waals surface area contributed by atoms with Crippen LogP contribution in [-0.2, 0) is 4.43 Å². The Hall–Kier alpha value is -0.530. The Labute approximate surface area is 148 Å². The van der Waals surface area contributed by atoms with Crippen LogP contribution in [0.4, 0.5) is 0 Å². The van der Waals surface area contributed by atoms with Gasteiger partial charge in [0.2, 0.25) is 0 Å². The van der Waals surface area contributed by atoms with Gasteiger partial charge in [0.05, 0.1) is 10.7 Å². The molecule has 1 atom stereocenters. The lowest BCUT2D eigenvalue weighted by atomic mass is 10.1. The van der Waals surface area contributed by atoms with Crippen LogP contribution in [0.25, 0.3) is 10.7 Å². The second-order valence-corrected chi connectivity index (χ2v) is 7.66. The number of halogens is 1. The van der Waals surface area contributed by atoms with E-state index in [-0.39, 0.29) is 0 Å².